The molecule has 10 nitrogen and oxygen atoms in total. The first-order valence-corrected chi connectivity index (χ1v) is 9.74. The average molecular weight is 421 g/mol. The van der Waals surface area contributed by atoms with Gasteiger partial charge in [0.25, 0.3) is 0 Å². The molecule has 7 N–H and O–H groups in total. The first-order chi connectivity index (χ1) is 13.0. The standard InChI is InChI=1S/C17H32N4O6S/c1-5-9(4)13(16(25)20-11(7-28)17(26)27)21-14(23)10(6-22)19-15(24)12(18)8(2)3/h8-13,22,28H,5-7,18H2,1-4H3,(H,19,24)(H,20,25)(H,21,23)(H,26,27). The van der Waals surface area contributed by atoms with Crippen LogP contribution < -0.4 is 21.7 Å². The van der Waals surface area contributed by atoms with E-state index in [2.05, 4.69) is 28.6 Å². The smallest absolute Gasteiger partial charge is 0.327 e. The van der Waals surface area contributed by atoms with Crippen molar-refractivity contribution in [2.24, 2.45) is 17.6 Å². The second-order valence-electron chi connectivity index (χ2n) is 6.97. The van der Waals surface area contributed by atoms with Crippen LogP contribution in [0.1, 0.15) is 34.1 Å². The highest BCUT2D eigenvalue weighted by molar-refractivity contribution is 7.80. The van der Waals surface area contributed by atoms with Gasteiger partial charge in [-0.25, -0.2) is 4.79 Å². The van der Waals surface area contributed by atoms with Gasteiger partial charge in [0.15, 0.2) is 0 Å². The Morgan fingerprint density at radius 2 is 1.50 bits per heavy atom. The van der Waals surface area contributed by atoms with Crippen molar-refractivity contribution in [1.29, 1.82) is 0 Å². The van der Waals surface area contributed by atoms with Gasteiger partial charge in [0, 0.05) is 5.75 Å². The molecule has 162 valence electrons. The normalized spacial score (nSPS) is 16.4. The van der Waals surface area contributed by atoms with Crippen molar-refractivity contribution in [3.8, 4) is 0 Å². The Kier molecular flexibility index (Phi) is 11.7. The fraction of sp³-hybridized carbons (Fsp3) is 0.765. The van der Waals surface area contributed by atoms with Crippen LogP contribution >= 0.6 is 12.6 Å². The van der Waals surface area contributed by atoms with E-state index in [1.807, 2.05) is 0 Å². The van der Waals surface area contributed by atoms with Gasteiger partial charge in [0.2, 0.25) is 17.7 Å². The van der Waals surface area contributed by atoms with Gasteiger partial charge in [-0.2, -0.15) is 12.6 Å². The molecule has 0 aliphatic rings. The quantitative estimate of drug-likeness (QED) is 0.188. The predicted molar refractivity (Wildman–Crippen MR) is 107 cm³/mol. The Bertz CT molecular complexity index is 560. The number of carbonyl (C=O) groups is 4. The molecule has 0 fully saturated rings. The van der Waals surface area contributed by atoms with E-state index in [9.17, 15) is 24.3 Å². The molecule has 5 unspecified atom stereocenters. The van der Waals surface area contributed by atoms with Gasteiger partial charge in [-0.05, 0) is 11.8 Å². The van der Waals surface area contributed by atoms with E-state index in [1.54, 1.807) is 27.7 Å². The van der Waals surface area contributed by atoms with Crippen LogP contribution in [0.5, 0.6) is 0 Å². The maximum absolute atomic E-state index is 12.5. The molecule has 0 aromatic rings. The van der Waals surface area contributed by atoms with Gasteiger partial charge >= 0.3 is 5.97 Å². The molecule has 0 heterocycles. The third-order valence-electron chi connectivity index (χ3n) is 4.43. The van der Waals surface area contributed by atoms with Crippen LogP contribution in [0.25, 0.3) is 0 Å². The van der Waals surface area contributed by atoms with Crippen molar-refractivity contribution in [2.45, 2.75) is 58.3 Å². The zero-order valence-electron chi connectivity index (χ0n) is 16.6. The first-order valence-electron chi connectivity index (χ1n) is 9.11. The highest BCUT2D eigenvalue weighted by atomic mass is 32.1. The molecule has 0 aliphatic carbocycles. The number of aliphatic hydroxyl groups is 1. The summed E-state index contributed by atoms with van der Waals surface area (Å²) in [5.74, 6) is -3.93. The SMILES string of the molecule is CCC(C)C(NC(=O)C(CO)NC(=O)C(N)C(C)C)C(=O)NC(CS)C(=O)O. The fourth-order valence-electron chi connectivity index (χ4n) is 2.17. The number of carbonyl (C=O) groups excluding carboxylic acids is 3. The minimum Gasteiger partial charge on any atom is -0.480 e. The molecule has 0 rings (SSSR count). The highest BCUT2D eigenvalue weighted by Crippen LogP contribution is 2.09. The van der Waals surface area contributed by atoms with Crippen LogP contribution in [0.2, 0.25) is 0 Å². The molecule has 5 atom stereocenters. The minimum absolute atomic E-state index is 0.120. The molecule has 0 spiro atoms. The Morgan fingerprint density at radius 3 is 1.89 bits per heavy atom. The lowest BCUT2D eigenvalue weighted by Crippen LogP contribution is -2.60. The average Bonchev–Trinajstić information content (AvgIpc) is 2.65. The fourth-order valence-corrected chi connectivity index (χ4v) is 2.42. The number of aliphatic carboxylic acids is 1. The lowest BCUT2D eigenvalue weighted by atomic mass is 9.97. The highest BCUT2D eigenvalue weighted by Gasteiger charge is 2.32. The van der Waals surface area contributed by atoms with Gasteiger partial charge in [0.05, 0.1) is 12.6 Å². The summed E-state index contributed by atoms with van der Waals surface area (Å²) in [6.07, 6.45) is 0.519. The topological polar surface area (TPSA) is 171 Å². The maximum atomic E-state index is 12.5. The van der Waals surface area contributed by atoms with E-state index >= 15 is 0 Å². The molecule has 0 saturated heterocycles. The summed E-state index contributed by atoms with van der Waals surface area (Å²) in [5, 5.41) is 25.7. The third-order valence-corrected chi connectivity index (χ3v) is 4.79. The van der Waals surface area contributed by atoms with Gasteiger partial charge in [-0.1, -0.05) is 34.1 Å². The van der Waals surface area contributed by atoms with E-state index in [0.717, 1.165) is 0 Å². The predicted octanol–water partition coefficient (Wildman–Crippen LogP) is -1.52. The Balaban J connectivity index is 5.24. The summed E-state index contributed by atoms with van der Waals surface area (Å²) in [6, 6.07) is -4.42. The van der Waals surface area contributed by atoms with Crippen LogP contribution in [0.4, 0.5) is 0 Å². The van der Waals surface area contributed by atoms with Crippen LogP contribution in [0.15, 0.2) is 0 Å². The number of carboxylic acids is 1. The molecule has 0 radical (unpaired) electrons. The minimum atomic E-state index is -1.29. The summed E-state index contributed by atoms with van der Waals surface area (Å²) in [6.45, 7) is 6.30. The number of thiol groups is 1. The number of hydrogen-bond donors (Lipinski definition) is 7. The number of hydrogen-bond acceptors (Lipinski definition) is 7. The summed E-state index contributed by atoms with van der Waals surface area (Å²) in [5.41, 5.74) is 5.73. The molecular formula is C17H32N4O6S. The van der Waals surface area contributed by atoms with Gasteiger partial charge in [-0.3, -0.25) is 14.4 Å². The Morgan fingerprint density at radius 1 is 0.964 bits per heavy atom. The van der Waals surface area contributed by atoms with Crippen LogP contribution in [0.3, 0.4) is 0 Å². The van der Waals surface area contributed by atoms with Crippen LogP contribution in [-0.2, 0) is 19.2 Å². The van der Waals surface area contributed by atoms with Gasteiger partial charge in [-0.15, -0.1) is 0 Å². The summed E-state index contributed by atoms with van der Waals surface area (Å²) in [4.78, 5) is 48.1. The largest absolute Gasteiger partial charge is 0.480 e. The number of nitrogens with two attached hydrogens (primary N) is 1. The molecule has 3 amide bonds. The van der Waals surface area contributed by atoms with Crippen molar-refractivity contribution in [1.82, 2.24) is 16.0 Å². The Labute approximate surface area is 170 Å². The number of aliphatic hydroxyl groups excluding tert-OH is 1. The van der Waals surface area contributed by atoms with Crippen molar-refractivity contribution < 1.29 is 29.4 Å². The van der Waals surface area contributed by atoms with Crippen molar-refractivity contribution in [3.05, 3.63) is 0 Å². The van der Waals surface area contributed by atoms with E-state index < -0.39 is 54.5 Å². The summed E-state index contributed by atoms with van der Waals surface area (Å²) >= 11 is 3.89. The molecule has 0 aromatic carbocycles. The zero-order chi connectivity index (χ0) is 22.0. The third kappa shape index (κ3) is 8.03. The van der Waals surface area contributed by atoms with Crippen molar-refractivity contribution in [2.75, 3.05) is 12.4 Å². The molecule has 28 heavy (non-hydrogen) atoms. The van der Waals surface area contributed by atoms with Crippen molar-refractivity contribution >= 4 is 36.3 Å². The second kappa shape index (κ2) is 12.6. The number of rotatable bonds is 12. The van der Waals surface area contributed by atoms with Crippen LogP contribution in [-0.4, -0.2) is 70.4 Å². The summed E-state index contributed by atoms with van der Waals surface area (Å²) < 4.78 is 0. The maximum Gasteiger partial charge on any atom is 0.327 e. The van der Waals surface area contributed by atoms with Gasteiger partial charge in [0.1, 0.15) is 18.1 Å². The second-order valence-corrected chi connectivity index (χ2v) is 7.33. The first kappa shape index (κ1) is 26.1. The molecular weight excluding hydrogens is 388 g/mol. The lowest BCUT2D eigenvalue weighted by molar-refractivity contribution is -0.142. The van der Waals surface area contributed by atoms with Crippen molar-refractivity contribution in [3.63, 3.8) is 0 Å². The number of nitrogens with one attached hydrogen (secondary N) is 3. The lowest BCUT2D eigenvalue weighted by Gasteiger charge is -2.27. The van der Waals surface area contributed by atoms with E-state index in [0.29, 0.717) is 6.42 Å². The van der Waals surface area contributed by atoms with Crippen LogP contribution in [0, 0.1) is 11.8 Å². The molecule has 0 aliphatic heterocycles. The molecule has 0 aromatic heterocycles. The number of carboxylic acid groups (broad SMARTS) is 1. The number of amides is 3. The molecule has 11 heteroatoms. The van der Waals surface area contributed by atoms with E-state index in [4.69, 9.17) is 10.8 Å². The Hall–Kier alpha value is -1.85. The summed E-state index contributed by atoms with van der Waals surface area (Å²) in [7, 11) is 0. The molecule has 0 bridgehead atoms. The van der Waals surface area contributed by atoms with E-state index in [1.165, 1.54) is 0 Å². The monoisotopic (exact) mass is 420 g/mol. The van der Waals surface area contributed by atoms with E-state index in [-0.39, 0.29) is 17.6 Å². The molecule has 0 saturated carbocycles. The van der Waals surface area contributed by atoms with Gasteiger partial charge < -0.3 is 31.9 Å². The zero-order valence-corrected chi connectivity index (χ0v) is 17.5.